The molecule has 1 aromatic carbocycles. The number of morpholine rings is 1. The lowest BCUT2D eigenvalue weighted by atomic mass is 9.94. The van der Waals surface area contributed by atoms with Crippen molar-refractivity contribution in [3.8, 4) is 0 Å². The lowest BCUT2D eigenvalue weighted by Gasteiger charge is -2.30. The Bertz CT molecular complexity index is 602. The largest absolute Gasteiger partial charge is 0.456 e. The highest BCUT2D eigenvalue weighted by atomic mass is 35.5. The molecule has 1 aliphatic heterocycles. The first-order chi connectivity index (χ1) is 9.56. The molecule has 1 aliphatic rings. The van der Waals surface area contributed by atoms with Crippen LogP contribution in [0.5, 0.6) is 0 Å². The fraction of sp³-hybridized carbons (Fsp3) is 0.467. The molecule has 2 N–H and O–H groups in total. The summed E-state index contributed by atoms with van der Waals surface area (Å²) in [7, 11) is 0. The van der Waals surface area contributed by atoms with Gasteiger partial charge in [-0.2, -0.15) is 0 Å². The average Bonchev–Trinajstić information content (AvgIpc) is 2.86. The highest BCUT2D eigenvalue weighted by Crippen LogP contribution is 2.34. The van der Waals surface area contributed by atoms with E-state index in [1.54, 1.807) is 13.0 Å². The second-order valence-corrected chi connectivity index (χ2v) is 5.88. The van der Waals surface area contributed by atoms with Crippen LogP contribution in [-0.4, -0.2) is 30.9 Å². The van der Waals surface area contributed by atoms with Gasteiger partial charge >= 0.3 is 0 Å². The molecule has 2 heterocycles. The number of nitrogens with one attached hydrogen (secondary N) is 1. The lowest BCUT2D eigenvalue weighted by Crippen LogP contribution is -2.45. The van der Waals surface area contributed by atoms with E-state index in [1.807, 2.05) is 18.2 Å². The van der Waals surface area contributed by atoms with Gasteiger partial charge < -0.3 is 19.6 Å². The summed E-state index contributed by atoms with van der Waals surface area (Å²) in [6.07, 6.45) is 0.532. The molecule has 0 bridgehead atoms. The maximum Gasteiger partial charge on any atom is 0.153 e. The van der Waals surface area contributed by atoms with E-state index in [1.165, 1.54) is 0 Å². The van der Waals surface area contributed by atoms with Crippen LogP contribution >= 0.6 is 11.6 Å². The van der Waals surface area contributed by atoms with Crippen LogP contribution in [0.15, 0.2) is 28.7 Å². The Balaban J connectivity index is 1.86. The van der Waals surface area contributed by atoms with Crippen molar-refractivity contribution in [3.05, 3.63) is 35.0 Å². The van der Waals surface area contributed by atoms with Gasteiger partial charge in [0, 0.05) is 24.4 Å². The van der Waals surface area contributed by atoms with E-state index in [0.717, 1.165) is 18.5 Å². The molecule has 108 valence electrons. The zero-order valence-corrected chi connectivity index (χ0v) is 12.1. The number of fused-ring (bicyclic) bond motifs is 1. The summed E-state index contributed by atoms with van der Waals surface area (Å²) < 4.78 is 11.2. The van der Waals surface area contributed by atoms with Crippen LogP contribution in [0.2, 0.25) is 5.02 Å². The van der Waals surface area contributed by atoms with Gasteiger partial charge in [0.2, 0.25) is 0 Å². The van der Waals surface area contributed by atoms with Crippen LogP contribution in [0.3, 0.4) is 0 Å². The van der Waals surface area contributed by atoms with Crippen LogP contribution < -0.4 is 5.32 Å². The second kappa shape index (κ2) is 5.37. The molecule has 2 unspecified atom stereocenters. The molecule has 4 nitrogen and oxygen atoms in total. The molecule has 0 spiro atoms. The number of furan rings is 1. The molecule has 20 heavy (non-hydrogen) atoms. The molecular weight excluding hydrogens is 278 g/mol. The zero-order valence-electron chi connectivity index (χ0n) is 11.4. The predicted molar refractivity (Wildman–Crippen MR) is 78.0 cm³/mol. The number of para-hydroxylation sites is 1. The van der Waals surface area contributed by atoms with Crippen LogP contribution in [0, 0.1) is 0 Å². The maximum absolute atomic E-state index is 10.7. The van der Waals surface area contributed by atoms with Gasteiger partial charge in [0.25, 0.3) is 0 Å². The quantitative estimate of drug-likeness (QED) is 0.914. The van der Waals surface area contributed by atoms with Crippen molar-refractivity contribution >= 4 is 22.6 Å². The SMILES string of the molecule is CC(O)(CC1COCCN1)c1cc2cccc(Cl)c2o1. The summed E-state index contributed by atoms with van der Waals surface area (Å²) in [6, 6.07) is 7.55. The summed E-state index contributed by atoms with van der Waals surface area (Å²) in [6.45, 7) is 3.90. The Kier molecular flexibility index (Phi) is 3.73. The predicted octanol–water partition coefficient (Wildman–Crippen LogP) is 2.67. The third kappa shape index (κ3) is 2.69. The number of hydrogen-bond acceptors (Lipinski definition) is 4. The second-order valence-electron chi connectivity index (χ2n) is 5.47. The Labute approximate surface area is 122 Å². The molecule has 2 atom stereocenters. The first-order valence-electron chi connectivity index (χ1n) is 6.78. The monoisotopic (exact) mass is 295 g/mol. The van der Waals surface area contributed by atoms with Crippen molar-refractivity contribution in [3.63, 3.8) is 0 Å². The van der Waals surface area contributed by atoms with Gasteiger partial charge in [0.15, 0.2) is 5.58 Å². The van der Waals surface area contributed by atoms with Crippen LogP contribution in [0.25, 0.3) is 11.0 Å². The van der Waals surface area contributed by atoms with E-state index in [9.17, 15) is 5.11 Å². The van der Waals surface area contributed by atoms with Crippen LogP contribution in [-0.2, 0) is 10.3 Å². The topological polar surface area (TPSA) is 54.6 Å². The number of ether oxygens (including phenoxy) is 1. The number of aliphatic hydroxyl groups is 1. The Morgan fingerprint density at radius 1 is 1.50 bits per heavy atom. The minimum Gasteiger partial charge on any atom is -0.456 e. The van der Waals surface area contributed by atoms with Gasteiger partial charge in [-0.1, -0.05) is 23.7 Å². The molecule has 5 heteroatoms. The van der Waals surface area contributed by atoms with Gasteiger partial charge in [-0.15, -0.1) is 0 Å². The molecule has 0 amide bonds. The van der Waals surface area contributed by atoms with Gasteiger partial charge in [-0.3, -0.25) is 0 Å². The first kappa shape index (κ1) is 13.9. The summed E-state index contributed by atoms with van der Waals surface area (Å²) >= 11 is 6.10. The van der Waals surface area contributed by atoms with E-state index in [2.05, 4.69) is 5.32 Å². The molecule has 3 rings (SSSR count). The van der Waals surface area contributed by atoms with E-state index in [4.69, 9.17) is 20.8 Å². The third-order valence-electron chi connectivity index (χ3n) is 3.67. The van der Waals surface area contributed by atoms with Crippen LogP contribution in [0.4, 0.5) is 0 Å². The number of rotatable bonds is 3. The number of benzene rings is 1. The molecule has 1 saturated heterocycles. The summed E-state index contributed by atoms with van der Waals surface area (Å²) in [5.41, 5.74) is -0.432. The van der Waals surface area contributed by atoms with Gasteiger partial charge in [0.1, 0.15) is 11.4 Å². The molecule has 1 aromatic heterocycles. The lowest BCUT2D eigenvalue weighted by molar-refractivity contribution is -0.00957. The normalized spacial score (nSPS) is 22.9. The zero-order chi connectivity index (χ0) is 14.2. The van der Waals surface area contributed by atoms with Gasteiger partial charge in [-0.25, -0.2) is 0 Å². The van der Waals surface area contributed by atoms with Crippen molar-refractivity contribution in [2.75, 3.05) is 19.8 Å². The molecular formula is C15H18ClNO3. The minimum absolute atomic E-state index is 0.127. The van der Waals surface area contributed by atoms with Crippen molar-refractivity contribution < 1.29 is 14.3 Å². The molecule has 0 aliphatic carbocycles. The molecule has 1 fully saturated rings. The molecule has 0 saturated carbocycles. The summed E-state index contributed by atoms with van der Waals surface area (Å²) in [5, 5.41) is 15.5. The minimum atomic E-state index is -1.05. The fourth-order valence-electron chi connectivity index (χ4n) is 2.62. The third-order valence-corrected chi connectivity index (χ3v) is 3.97. The fourth-order valence-corrected chi connectivity index (χ4v) is 2.84. The molecule has 2 aromatic rings. The highest BCUT2D eigenvalue weighted by Gasteiger charge is 2.32. The standard InChI is InChI=1S/C15H18ClNO3/c1-15(18,8-11-9-19-6-5-17-11)13-7-10-3-2-4-12(16)14(10)20-13/h2-4,7,11,17-18H,5-6,8-9H2,1H3. The smallest absolute Gasteiger partial charge is 0.153 e. The van der Waals surface area contributed by atoms with E-state index in [-0.39, 0.29) is 6.04 Å². The van der Waals surface area contributed by atoms with E-state index < -0.39 is 5.60 Å². The Morgan fingerprint density at radius 2 is 2.35 bits per heavy atom. The van der Waals surface area contributed by atoms with Crippen molar-refractivity contribution in [2.45, 2.75) is 25.0 Å². The summed E-state index contributed by atoms with van der Waals surface area (Å²) in [5.74, 6) is 0.535. The number of halogens is 1. The van der Waals surface area contributed by atoms with Gasteiger partial charge in [0.05, 0.1) is 18.2 Å². The Hall–Kier alpha value is -1.07. The van der Waals surface area contributed by atoms with Gasteiger partial charge in [-0.05, 0) is 19.1 Å². The molecule has 0 radical (unpaired) electrons. The van der Waals surface area contributed by atoms with E-state index >= 15 is 0 Å². The van der Waals surface area contributed by atoms with Crippen molar-refractivity contribution in [2.24, 2.45) is 0 Å². The number of hydrogen-bond donors (Lipinski definition) is 2. The average molecular weight is 296 g/mol. The van der Waals surface area contributed by atoms with E-state index in [0.29, 0.717) is 29.4 Å². The summed E-state index contributed by atoms with van der Waals surface area (Å²) in [4.78, 5) is 0. The van der Waals surface area contributed by atoms with Crippen molar-refractivity contribution in [1.82, 2.24) is 5.32 Å². The highest BCUT2D eigenvalue weighted by molar-refractivity contribution is 6.34. The first-order valence-corrected chi connectivity index (χ1v) is 7.16. The maximum atomic E-state index is 10.7. The Morgan fingerprint density at radius 3 is 3.05 bits per heavy atom. The van der Waals surface area contributed by atoms with Crippen LogP contribution in [0.1, 0.15) is 19.1 Å². The van der Waals surface area contributed by atoms with Crippen molar-refractivity contribution in [1.29, 1.82) is 0 Å².